The molecule has 1 aliphatic rings. The van der Waals surface area contributed by atoms with Crippen LogP contribution in [0.25, 0.3) is 10.9 Å². The molecule has 3 atom stereocenters. The third kappa shape index (κ3) is 8.41. The van der Waals surface area contributed by atoms with Gasteiger partial charge in [-0.2, -0.15) is 0 Å². The maximum Gasteiger partial charge on any atom is 0.408 e. The molecule has 1 aliphatic carbocycles. The van der Waals surface area contributed by atoms with Crippen molar-refractivity contribution in [3.05, 3.63) is 102 Å². The Hall–Kier alpha value is -4.60. The van der Waals surface area contributed by atoms with Crippen LogP contribution in [0, 0.1) is 5.41 Å². The first-order chi connectivity index (χ1) is 22.6. The minimum Gasteiger partial charge on any atom is -0.497 e. The maximum absolute atomic E-state index is 14.3. The Morgan fingerprint density at radius 2 is 1.60 bits per heavy atom. The second-order valence-corrected chi connectivity index (χ2v) is 14.6. The lowest BCUT2D eigenvalue weighted by atomic mass is 9.87. The highest BCUT2D eigenvalue weighted by Crippen LogP contribution is 2.55. The number of H-pyrrole nitrogens is 1. The molecule has 1 fully saturated rings. The molecule has 2 amide bonds. The van der Waals surface area contributed by atoms with E-state index >= 15 is 0 Å². The van der Waals surface area contributed by atoms with E-state index in [1.54, 1.807) is 42.6 Å². The highest BCUT2D eigenvalue weighted by Gasteiger charge is 2.49. The first kappa shape index (κ1) is 33.8. The number of alkyl carbamates (subject to hydrolysis) is 1. The van der Waals surface area contributed by atoms with E-state index in [4.69, 9.17) is 9.47 Å². The summed E-state index contributed by atoms with van der Waals surface area (Å²) < 4.78 is 24.9. The van der Waals surface area contributed by atoms with Gasteiger partial charge >= 0.3 is 12.1 Å². The van der Waals surface area contributed by atoms with Crippen LogP contribution in [-0.4, -0.2) is 58.1 Å². The Balaban J connectivity index is 1.35. The van der Waals surface area contributed by atoms with Crippen LogP contribution in [-0.2, 0) is 38.3 Å². The number of hydrogen-bond donors (Lipinski definition) is 5. The summed E-state index contributed by atoms with van der Waals surface area (Å²) in [6.07, 6.45) is 2.38. The van der Waals surface area contributed by atoms with Crippen molar-refractivity contribution in [3.63, 3.8) is 0 Å². The average Bonchev–Trinajstić information content (AvgIpc) is 3.71. The van der Waals surface area contributed by atoms with E-state index in [2.05, 4.69) is 15.6 Å². The second kappa shape index (κ2) is 14.9. The summed E-state index contributed by atoms with van der Waals surface area (Å²) in [5, 5.41) is 16.2. The number of amides is 2. The summed E-state index contributed by atoms with van der Waals surface area (Å²) in [6.45, 7) is -0.0307. The zero-order valence-corrected chi connectivity index (χ0v) is 27.1. The Morgan fingerprint density at radius 3 is 2.28 bits per heavy atom. The van der Waals surface area contributed by atoms with Gasteiger partial charge in [0.1, 0.15) is 24.2 Å². The van der Waals surface area contributed by atoms with E-state index in [0.717, 1.165) is 22.0 Å². The molecule has 5 N–H and O–H groups in total. The van der Waals surface area contributed by atoms with Crippen LogP contribution in [0.3, 0.4) is 0 Å². The first-order valence-corrected chi connectivity index (χ1v) is 17.5. The van der Waals surface area contributed by atoms with Gasteiger partial charge in [-0.05, 0) is 47.7 Å². The highest BCUT2D eigenvalue weighted by molar-refractivity contribution is 7.58. The molecule has 4 aromatic rings. The number of fused-ring (bicyclic) bond motifs is 1. The van der Waals surface area contributed by atoms with Gasteiger partial charge < -0.3 is 35.1 Å². The smallest absolute Gasteiger partial charge is 0.408 e. The molecule has 1 saturated carbocycles. The first-order valence-electron chi connectivity index (χ1n) is 15.6. The lowest BCUT2D eigenvalue weighted by molar-refractivity contribution is -0.143. The van der Waals surface area contributed by atoms with E-state index in [-0.39, 0.29) is 19.4 Å². The number of rotatable bonds is 14. The van der Waals surface area contributed by atoms with Crippen molar-refractivity contribution in [1.82, 2.24) is 15.6 Å². The summed E-state index contributed by atoms with van der Waals surface area (Å²) in [7, 11) is -2.78. The van der Waals surface area contributed by atoms with Crippen molar-refractivity contribution < 1.29 is 38.4 Å². The van der Waals surface area contributed by atoms with Gasteiger partial charge in [0.2, 0.25) is 13.3 Å². The molecule has 5 rings (SSSR count). The predicted octanol–water partition coefficient (Wildman–Crippen LogP) is 5.61. The number of aromatic nitrogens is 1. The number of aromatic amines is 1. The van der Waals surface area contributed by atoms with Gasteiger partial charge in [0.15, 0.2) is 0 Å². The molecule has 0 aliphatic heterocycles. The number of hydrogen-bond acceptors (Lipinski definition) is 6. The van der Waals surface area contributed by atoms with Gasteiger partial charge in [0, 0.05) is 36.1 Å². The number of ether oxygens (including phenoxy) is 2. The van der Waals surface area contributed by atoms with Gasteiger partial charge in [-0.1, -0.05) is 73.5 Å². The predicted molar refractivity (Wildman–Crippen MR) is 177 cm³/mol. The Labute approximate surface area is 273 Å². The third-order valence-corrected chi connectivity index (χ3v) is 11.2. The summed E-state index contributed by atoms with van der Waals surface area (Å²) in [5.41, 5.74) is 1.72. The second-order valence-electron chi connectivity index (χ2n) is 12.1. The van der Waals surface area contributed by atoms with Gasteiger partial charge in [-0.25, -0.2) is 9.59 Å². The van der Waals surface area contributed by atoms with Crippen LogP contribution < -0.4 is 15.4 Å². The Kier molecular flexibility index (Phi) is 10.7. The summed E-state index contributed by atoms with van der Waals surface area (Å²) >= 11 is 0. The van der Waals surface area contributed by atoms with Crippen molar-refractivity contribution in [1.29, 1.82) is 0 Å². The largest absolute Gasteiger partial charge is 0.497 e. The van der Waals surface area contributed by atoms with Crippen LogP contribution in [0.15, 0.2) is 85.1 Å². The van der Waals surface area contributed by atoms with Crippen LogP contribution in [0.5, 0.6) is 5.75 Å². The summed E-state index contributed by atoms with van der Waals surface area (Å²) in [4.78, 5) is 54.0. The topological polar surface area (TPSA) is 167 Å². The van der Waals surface area contributed by atoms with E-state index in [0.29, 0.717) is 37.0 Å². The Morgan fingerprint density at radius 1 is 0.915 bits per heavy atom. The van der Waals surface area contributed by atoms with E-state index in [1.165, 1.54) is 7.11 Å². The molecular weight excluding hydrogens is 621 g/mol. The number of carboxylic acid groups (broad SMARTS) is 1. The molecule has 0 saturated heterocycles. The summed E-state index contributed by atoms with van der Waals surface area (Å²) in [6, 6.07) is 22.2. The minimum absolute atomic E-state index is 0.00573. The molecule has 1 unspecified atom stereocenters. The lowest BCUT2D eigenvalue weighted by Gasteiger charge is -2.34. The fourth-order valence-corrected chi connectivity index (χ4v) is 8.62. The molecule has 248 valence electrons. The minimum atomic E-state index is -4.32. The molecule has 0 bridgehead atoms. The van der Waals surface area contributed by atoms with Crippen molar-refractivity contribution >= 4 is 36.2 Å². The van der Waals surface area contributed by atoms with Crippen molar-refractivity contribution in [2.75, 3.05) is 13.3 Å². The van der Waals surface area contributed by atoms with Crippen molar-refractivity contribution in [3.8, 4) is 5.75 Å². The van der Waals surface area contributed by atoms with E-state index in [9.17, 15) is 28.9 Å². The number of carbonyl (C=O) groups excluding carboxylic acids is 2. The SMILES string of the molecule is COc1ccc(C[C@H](NC(=O)OCc2ccccc2)P(=O)(O)CC2(C(=O)N[C@@H](Cc3c[nH]c4ccccc34)C(=O)O)CCCC2)cc1. The molecule has 0 radical (unpaired) electrons. The molecule has 12 heteroatoms. The molecule has 1 heterocycles. The van der Waals surface area contributed by atoms with Crippen LogP contribution in [0.2, 0.25) is 0 Å². The van der Waals surface area contributed by atoms with Crippen molar-refractivity contribution in [2.45, 2.75) is 57.0 Å². The fourth-order valence-electron chi connectivity index (χ4n) is 6.26. The van der Waals surface area contributed by atoms with Gasteiger partial charge in [0.05, 0.1) is 12.5 Å². The molecule has 11 nitrogen and oxygen atoms in total. The molecule has 0 spiro atoms. The van der Waals surface area contributed by atoms with Crippen molar-refractivity contribution in [2.24, 2.45) is 5.41 Å². The molecule has 47 heavy (non-hydrogen) atoms. The van der Waals surface area contributed by atoms with Gasteiger partial charge in [-0.15, -0.1) is 0 Å². The summed E-state index contributed by atoms with van der Waals surface area (Å²) in [5.74, 6) is -2.45. The lowest BCUT2D eigenvalue weighted by Crippen LogP contribution is -2.50. The number of carbonyl (C=O) groups is 3. The number of nitrogens with one attached hydrogen (secondary N) is 3. The van der Waals surface area contributed by atoms with Crippen LogP contribution >= 0.6 is 7.37 Å². The quantitative estimate of drug-likeness (QED) is 0.109. The van der Waals surface area contributed by atoms with Crippen LogP contribution in [0.1, 0.15) is 42.4 Å². The normalized spacial score (nSPS) is 16.5. The number of para-hydroxylation sites is 1. The van der Waals surface area contributed by atoms with Crippen LogP contribution in [0.4, 0.5) is 4.79 Å². The standard InChI is InChI=1S/C35H40N3O8P/c1-45-27-15-13-24(14-16-27)19-31(38-34(42)46-22-25-9-3-2-4-10-25)47(43,44)23-35(17-7-8-18-35)33(41)37-30(32(39)40)20-26-21-36-29-12-6-5-11-28(26)29/h2-6,9-16,21,30-31,36H,7-8,17-20,22-23H2,1H3,(H,37,41)(H,38,42)(H,39,40)(H,43,44)/t30-,31+/m0/s1. The maximum atomic E-state index is 14.3. The van der Waals surface area contributed by atoms with Gasteiger partial charge in [0.25, 0.3) is 0 Å². The molecule has 3 aromatic carbocycles. The number of carboxylic acids is 1. The molecular formula is C35H40N3O8P. The average molecular weight is 662 g/mol. The zero-order chi connectivity index (χ0) is 33.4. The number of benzene rings is 3. The van der Waals surface area contributed by atoms with E-state index < -0.39 is 48.7 Å². The Bertz CT molecular complexity index is 1730. The molecule has 1 aromatic heterocycles. The monoisotopic (exact) mass is 661 g/mol. The van der Waals surface area contributed by atoms with E-state index in [1.807, 2.05) is 42.5 Å². The third-order valence-electron chi connectivity index (χ3n) is 8.85. The number of methoxy groups -OCH3 is 1. The highest BCUT2D eigenvalue weighted by atomic mass is 31.2. The van der Waals surface area contributed by atoms with Gasteiger partial charge in [-0.3, -0.25) is 9.36 Å². The fraction of sp³-hybridized carbons (Fsp3) is 0.343. The number of aliphatic carboxylic acids is 1. The zero-order valence-electron chi connectivity index (χ0n) is 26.2.